The molecule has 2 fully saturated rings. The molecule has 2 saturated heterocycles. The lowest BCUT2D eigenvalue weighted by Crippen LogP contribution is -2.52. The standard InChI is InChI=1S/C17H22FN3O2/c18-15-4-1-3-13(9-15)10-16(22)20-5-2-6-21(8-7-20)17(23)14-11-19-12-14/h1,3-4,9,14,19H,2,5-8,10-12H2. The summed E-state index contributed by atoms with van der Waals surface area (Å²) < 4.78 is 13.2. The Morgan fingerprint density at radius 3 is 2.57 bits per heavy atom. The van der Waals surface area contributed by atoms with Gasteiger partial charge in [-0.15, -0.1) is 0 Å². The van der Waals surface area contributed by atoms with E-state index < -0.39 is 0 Å². The summed E-state index contributed by atoms with van der Waals surface area (Å²) >= 11 is 0. The number of benzene rings is 1. The van der Waals surface area contributed by atoms with E-state index in [0.29, 0.717) is 31.7 Å². The van der Waals surface area contributed by atoms with Crippen LogP contribution in [0.1, 0.15) is 12.0 Å². The lowest BCUT2D eigenvalue weighted by molar-refractivity contribution is -0.137. The third-order valence-electron chi connectivity index (χ3n) is 4.54. The summed E-state index contributed by atoms with van der Waals surface area (Å²) in [6.07, 6.45) is 0.999. The van der Waals surface area contributed by atoms with Crippen LogP contribution in [-0.4, -0.2) is 60.9 Å². The van der Waals surface area contributed by atoms with E-state index in [1.807, 2.05) is 4.90 Å². The van der Waals surface area contributed by atoms with Gasteiger partial charge in [0.2, 0.25) is 11.8 Å². The van der Waals surface area contributed by atoms with Crippen LogP contribution in [0.25, 0.3) is 0 Å². The highest BCUT2D eigenvalue weighted by molar-refractivity contribution is 5.81. The maximum Gasteiger partial charge on any atom is 0.228 e. The molecule has 6 heteroatoms. The van der Waals surface area contributed by atoms with Gasteiger partial charge in [0.25, 0.3) is 0 Å². The van der Waals surface area contributed by atoms with Crippen LogP contribution in [0.4, 0.5) is 4.39 Å². The first kappa shape index (κ1) is 15.9. The molecule has 0 aliphatic carbocycles. The van der Waals surface area contributed by atoms with Gasteiger partial charge in [-0.2, -0.15) is 0 Å². The number of carbonyl (C=O) groups is 2. The Hall–Kier alpha value is -1.95. The van der Waals surface area contributed by atoms with E-state index in [-0.39, 0.29) is 30.0 Å². The molecule has 2 aliphatic heterocycles. The van der Waals surface area contributed by atoms with Crippen molar-refractivity contribution < 1.29 is 14.0 Å². The molecule has 0 unspecified atom stereocenters. The topological polar surface area (TPSA) is 52.7 Å². The van der Waals surface area contributed by atoms with E-state index in [1.54, 1.807) is 17.0 Å². The highest BCUT2D eigenvalue weighted by atomic mass is 19.1. The predicted octanol–water partition coefficient (Wildman–Crippen LogP) is 0.649. The number of nitrogens with one attached hydrogen (secondary N) is 1. The molecule has 0 aromatic heterocycles. The van der Waals surface area contributed by atoms with Gasteiger partial charge in [0.15, 0.2) is 0 Å². The van der Waals surface area contributed by atoms with Crippen molar-refractivity contribution in [2.45, 2.75) is 12.8 Å². The average Bonchev–Trinajstić information content (AvgIpc) is 2.71. The largest absolute Gasteiger partial charge is 0.341 e. The lowest BCUT2D eigenvalue weighted by Gasteiger charge is -2.31. The number of rotatable bonds is 3. The van der Waals surface area contributed by atoms with Gasteiger partial charge in [0, 0.05) is 39.3 Å². The second kappa shape index (κ2) is 7.08. The Morgan fingerprint density at radius 1 is 1.13 bits per heavy atom. The quantitative estimate of drug-likeness (QED) is 0.890. The fourth-order valence-electron chi connectivity index (χ4n) is 3.04. The van der Waals surface area contributed by atoms with Gasteiger partial charge in [-0.25, -0.2) is 4.39 Å². The molecule has 5 nitrogen and oxygen atoms in total. The zero-order valence-electron chi connectivity index (χ0n) is 13.1. The molecule has 0 radical (unpaired) electrons. The monoisotopic (exact) mass is 319 g/mol. The molecule has 1 aromatic rings. The normalized spacial score (nSPS) is 19.2. The van der Waals surface area contributed by atoms with E-state index in [2.05, 4.69) is 5.32 Å². The van der Waals surface area contributed by atoms with E-state index in [9.17, 15) is 14.0 Å². The number of hydrogen-bond donors (Lipinski definition) is 1. The molecule has 0 bridgehead atoms. The smallest absolute Gasteiger partial charge is 0.228 e. The Labute approximate surface area is 135 Å². The Bertz CT molecular complexity index is 589. The maximum atomic E-state index is 13.2. The van der Waals surface area contributed by atoms with Crippen LogP contribution >= 0.6 is 0 Å². The first-order chi connectivity index (χ1) is 11.1. The average molecular weight is 319 g/mol. The van der Waals surface area contributed by atoms with Crippen molar-refractivity contribution in [3.05, 3.63) is 35.6 Å². The highest BCUT2D eigenvalue weighted by Gasteiger charge is 2.30. The summed E-state index contributed by atoms with van der Waals surface area (Å²) in [7, 11) is 0. The Morgan fingerprint density at radius 2 is 1.87 bits per heavy atom. The number of carbonyl (C=O) groups excluding carboxylic acids is 2. The molecule has 3 rings (SSSR count). The van der Waals surface area contributed by atoms with Crippen LogP contribution in [0.15, 0.2) is 24.3 Å². The summed E-state index contributed by atoms with van der Waals surface area (Å²) in [5.41, 5.74) is 0.688. The van der Waals surface area contributed by atoms with E-state index >= 15 is 0 Å². The van der Waals surface area contributed by atoms with E-state index in [4.69, 9.17) is 0 Å². The van der Waals surface area contributed by atoms with Gasteiger partial charge in [0.1, 0.15) is 5.82 Å². The molecule has 2 heterocycles. The predicted molar refractivity (Wildman–Crippen MR) is 84.2 cm³/mol. The van der Waals surface area contributed by atoms with Crippen LogP contribution in [0.3, 0.4) is 0 Å². The number of hydrogen-bond acceptors (Lipinski definition) is 3. The zero-order valence-corrected chi connectivity index (χ0v) is 13.1. The summed E-state index contributed by atoms with van der Waals surface area (Å²) in [6, 6.07) is 6.15. The van der Waals surface area contributed by atoms with Gasteiger partial charge in [-0.1, -0.05) is 12.1 Å². The first-order valence-electron chi connectivity index (χ1n) is 8.15. The summed E-state index contributed by atoms with van der Waals surface area (Å²) in [5.74, 6) is -0.0278. The lowest BCUT2D eigenvalue weighted by atomic mass is 10.0. The van der Waals surface area contributed by atoms with Crippen LogP contribution in [0.5, 0.6) is 0 Å². The summed E-state index contributed by atoms with van der Waals surface area (Å²) in [4.78, 5) is 28.3. The summed E-state index contributed by atoms with van der Waals surface area (Å²) in [6.45, 7) is 4.03. The second-order valence-corrected chi connectivity index (χ2v) is 6.22. The summed E-state index contributed by atoms with van der Waals surface area (Å²) in [5, 5.41) is 3.11. The van der Waals surface area contributed by atoms with Gasteiger partial charge in [0.05, 0.1) is 12.3 Å². The minimum Gasteiger partial charge on any atom is -0.341 e. The molecule has 0 spiro atoms. The molecule has 23 heavy (non-hydrogen) atoms. The minimum atomic E-state index is -0.322. The van der Waals surface area contributed by atoms with Crippen molar-refractivity contribution in [1.82, 2.24) is 15.1 Å². The van der Waals surface area contributed by atoms with Gasteiger partial charge < -0.3 is 15.1 Å². The van der Waals surface area contributed by atoms with Gasteiger partial charge >= 0.3 is 0 Å². The van der Waals surface area contributed by atoms with Crippen molar-refractivity contribution in [3.63, 3.8) is 0 Å². The van der Waals surface area contributed by atoms with E-state index in [0.717, 1.165) is 19.5 Å². The minimum absolute atomic E-state index is 0.00444. The van der Waals surface area contributed by atoms with Crippen molar-refractivity contribution >= 4 is 11.8 Å². The number of halogens is 1. The first-order valence-corrected chi connectivity index (χ1v) is 8.15. The molecule has 1 aromatic carbocycles. The van der Waals surface area contributed by atoms with Crippen LogP contribution < -0.4 is 5.32 Å². The van der Waals surface area contributed by atoms with Crippen LogP contribution in [0, 0.1) is 11.7 Å². The molecule has 1 N–H and O–H groups in total. The molecule has 2 aliphatic rings. The third kappa shape index (κ3) is 3.88. The molecule has 0 saturated carbocycles. The fraction of sp³-hybridized carbons (Fsp3) is 0.529. The maximum absolute atomic E-state index is 13.2. The second-order valence-electron chi connectivity index (χ2n) is 6.22. The van der Waals surface area contributed by atoms with Crippen molar-refractivity contribution in [2.75, 3.05) is 39.3 Å². The zero-order chi connectivity index (χ0) is 16.2. The van der Waals surface area contributed by atoms with Crippen LogP contribution in [-0.2, 0) is 16.0 Å². The molecular formula is C17H22FN3O2. The number of amides is 2. The molecule has 2 amide bonds. The third-order valence-corrected chi connectivity index (χ3v) is 4.54. The fourth-order valence-corrected chi connectivity index (χ4v) is 3.04. The van der Waals surface area contributed by atoms with Crippen molar-refractivity contribution in [2.24, 2.45) is 5.92 Å². The SMILES string of the molecule is O=C(Cc1cccc(F)c1)N1CCCN(C(=O)C2CNC2)CC1. The van der Waals surface area contributed by atoms with Gasteiger partial charge in [-0.05, 0) is 24.1 Å². The van der Waals surface area contributed by atoms with Crippen LogP contribution in [0.2, 0.25) is 0 Å². The Kier molecular flexibility index (Phi) is 4.91. The van der Waals surface area contributed by atoms with Crippen molar-refractivity contribution in [1.29, 1.82) is 0 Å². The highest BCUT2D eigenvalue weighted by Crippen LogP contribution is 2.13. The van der Waals surface area contributed by atoms with Crippen molar-refractivity contribution in [3.8, 4) is 0 Å². The van der Waals surface area contributed by atoms with Gasteiger partial charge in [-0.3, -0.25) is 9.59 Å². The number of nitrogens with zero attached hydrogens (tertiary/aromatic N) is 2. The molecule has 124 valence electrons. The molecular weight excluding hydrogens is 297 g/mol. The van der Waals surface area contributed by atoms with E-state index in [1.165, 1.54) is 12.1 Å². The Balaban J connectivity index is 1.54. The molecule has 0 atom stereocenters.